The molecule has 0 bridgehead atoms. The molecule has 4 nitrogen and oxygen atoms in total. The molecule has 0 spiro atoms. The molecule has 0 saturated carbocycles. The van der Waals surface area contributed by atoms with E-state index in [0.29, 0.717) is 12.6 Å². The van der Waals surface area contributed by atoms with E-state index in [4.69, 9.17) is 5.73 Å². The van der Waals surface area contributed by atoms with Crippen LogP contribution in [0.15, 0.2) is 18.3 Å². The first-order valence-electron chi connectivity index (χ1n) is 5.82. The highest BCUT2D eigenvalue weighted by Gasteiger charge is 2.19. The van der Waals surface area contributed by atoms with Crippen molar-refractivity contribution in [1.82, 2.24) is 15.1 Å². The smallest absolute Gasteiger partial charge is 0.0540 e. The van der Waals surface area contributed by atoms with Gasteiger partial charge in [0.15, 0.2) is 0 Å². The van der Waals surface area contributed by atoms with E-state index in [1.54, 1.807) is 0 Å². The molecule has 1 heterocycles. The van der Waals surface area contributed by atoms with Crippen molar-refractivity contribution < 1.29 is 0 Å². The molecule has 0 amide bonds. The Morgan fingerprint density at radius 2 is 2.25 bits per heavy atom. The van der Waals surface area contributed by atoms with E-state index in [2.05, 4.69) is 29.5 Å². The summed E-state index contributed by atoms with van der Waals surface area (Å²) in [6.07, 6.45) is 8.58. The third kappa shape index (κ3) is 2.18. The predicted molar refractivity (Wildman–Crippen MR) is 65.0 cm³/mol. The van der Waals surface area contributed by atoms with Gasteiger partial charge in [0.05, 0.1) is 6.20 Å². The van der Waals surface area contributed by atoms with Gasteiger partial charge in [-0.3, -0.25) is 4.68 Å². The zero-order valence-electron chi connectivity index (χ0n) is 9.98. The maximum absolute atomic E-state index is 5.84. The molecule has 1 aliphatic carbocycles. The Hall–Kier alpha value is -1.13. The first kappa shape index (κ1) is 11.4. The second-order valence-electron chi connectivity index (χ2n) is 4.40. The standard InChI is InChI=1S/C12H20N4/c1-9-11(8-14-16(9)2)12(7-13)15-10-5-3-4-6-10/h3-4,8,10,12,15H,5-7,13H2,1-2H3. The Bertz CT molecular complexity index is 372. The number of nitrogens with zero attached hydrogens (tertiary/aromatic N) is 2. The van der Waals surface area contributed by atoms with Gasteiger partial charge in [0.1, 0.15) is 0 Å². The largest absolute Gasteiger partial charge is 0.329 e. The SMILES string of the molecule is Cc1c(C(CN)NC2CC=CC2)cnn1C. The summed E-state index contributed by atoms with van der Waals surface area (Å²) in [6.45, 7) is 2.70. The van der Waals surface area contributed by atoms with Gasteiger partial charge in [-0.25, -0.2) is 0 Å². The van der Waals surface area contributed by atoms with Crippen molar-refractivity contribution in [2.75, 3.05) is 6.54 Å². The van der Waals surface area contributed by atoms with E-state index in [1.165, 1.54) is 11.3 Å². The molecule has 1 unspecified atom stereocenters. The minimum absolute atomic E-state index is 0.221. The lowest BCUT2D eigenvalue weighted by molar-refractivity contribution is 0.452. The molecule has 0 aromatic carbocycles. The third-order valence-corrected chi connectivity index (χ3v) is 3.33. The van der Waals surface area contributed by atoms with E-state index >= 15 is 0 Å². The fourth-order valence-electron chi connectivity index (χ4n) is 2.18. The van der Waals surface area contributed by atoms with Crippen molar-refractivity contribution in [1.29, 1.82) is 0 Å². The van der Waals surface area contributed by atoms with Gasteiger partial charge in [-0.1, -0.05) is 12.2 Å². The monoisotopic (exact) mass is 220 g/mol. The molecule has 4 heteroatoms. The van der Waals surface area contributed by atoms with Crippen molar-refractivity contribution in [2.24, 2.45) is 12.8 Å². The maximum atomic E-state index is 5.84. The highest BCUT2D eigenvalue weighted by atomic mass is 15.3. The summed E-state index contributed by atoms with van der Waals surface area (Å²) in [5, 5.41) is 7.86. The van der Waals surface area contributed by atoms with Crippen LogP contribution in [0.1, 0.15) is 30.1 Å². The molecule has 0 fully saturated rings. The van der Waals surface area contributed by atoms with E-state index in [0.717, 1.165) is 12.8 Å². The van der Waals surface area contributed by atoms with E-state index in [-0.39, 0.29) is 6.04 Å². The van der Waals surface area contributed by atoms with Gasteiger partial charge >= 0.3 is 0 Å². The van der Waals surface area contributed by atoms with Gasteiger partial charge in [-0.2, -0.15) is 5.10 Å². The summed E-state index contributed by atoms with van der Waals surface area (Å²) in [5.41, 5.74) is 8.25. The minimum Gasteiger partial charge on any atom is -0.329 e. The Labute approximate surface area is 96.5 Å². The van der Waals surface area contributed by atoms with Crippen molar-refractivity contribution >= 4 is 0 Å². The molecule has 0 radical (unpaired) electrons. The molecule has 16 heavy (non-hydrogen) atoms. The van der Waals surface area contributed by atoms with Gasteiger partial charge in [-0.15, -0.1) is 0 Å². The topological polar surface area (TPSA) is 55.9 Å². The summed E-state index contributed by atoms with van der Waals surface area (Å²) in [5.74, 6) is 0. The van der Waals surface area contributed by atoms with Gasteiger partial charge in [0.2, 0.25) is 0 Å². The molecule has 0 aliphatic heterocycles. The highest BCUT2D eigenvalue weighted by molar-refractivity contribution is 5.21. The normalized spacial score (nSPS) is 18.2. The average Bonchev–Trinajstić information content (AvgIpc) is 2.88. The second kappa shape index (κ2) is 4.80. The van der Waals surface area contributed by atoms with Crippen LogP contribution in [0, 0.1) is 6.92 Å². The zero-order valence-corrected chi connectivity index (χ0v) is 9.98. The Morgan fingerprint density at radius 3 is 2.75 bits per heavy atom. The van der Waals surface area contributed by atoms with Crippen molar-refractivity contribution in [2.45, 2.75) is 31.8 Å². The molecule has 2 rings (SSSR count). The quantitative estimate of drug-likeness (QED) is 0.745. The molecule has 1 atom stereocenters. The summed E-state index contributed by atoms with van der Waals surface area (Å²) >= 11 is 0. The average molecular weight is 220 g/mol. The minimum atomic E-state index is 0.221. The summed E-state index contributed by atoms with van der Waals surface area (Å²) in [4.78, 5) is 0. The van der Waals surface area contributed by atoms with Crippen LogP contribution in [0.2, 0.25) is 0 Å². The molecule has 1 aliphatic rings. The maximum Gasteiger partial charge on any atom is 0.0540 e. The lowest BCUT2D eigenvalue weighted by atomic mass is 10.1. The van der Waals surface area contributed by atoms with Crippen molar-refractivity contribution in [3.63, 3.8) is 0 Å². The van der Waals surface area contributed by atoms with Gasteiger partial charge in [0, 0.05) is 36.9 Å². The lowest BCUT2D eigenvalue weighted by Gasteiger charge is -2.21. The number of hydrogen-bond donors (Lipinski definition) is 2. The van der Waals surface area contributed by atoms with Gasteiger partial charge in [0.25, 0.3) is 0 Å². The Balaban J connectivity index is 2.07. The number of aryl methyl sites for hydroxylation is 1. The van der Waals surface area contributed by atoms with Crippen LogP contribution < -0.4 is 11.1 Å². The van der Waals surface area contributed by atoms with Crippen LogP contribution in [0.4, 0.5) is 0 Å². The Kier molecular flexibility index (Phi) is 3.41. The molecule has 88 valence electrons. The number of aromatic nitrogens is 2. The summed E-state index contributed by atoms with van der Waals surface area (Å²) in [6, 6.07) is 0.756. The number of nitrogens with one attached hydrogen (secondary N) is 1. The second-order valence-corrected chi connectivity index (χ2v) is 4.40. The van der Waals surface area contributed by atoms with Crippen LogP contribution in [0.3, 0.4) is 0 Å². The molecule has 0 saturated heterocycles. The van der Waals surface area contributed by atoms with Crippen molar-refractivity contribution in [3.05, 3.63) is 29.6 Å². The molecule has 1 aromatic heterocycles. The van der Waals surface area contributed by atoms with E-state index in [9.17, 15) is 0 Å². The number of rotatable bonds is 4. The summed E-state index contributed by atoms with van der Waals surface area (Å²) < 4.78 is 1.90. The first-order valence-corrected chi connectivity index (χ1v) is 5.82. The van der Waals surface area contributed by atoms with Crippen LogP contribution >= 0.6 is 0 Å². The number of hydrogen-bond acceptors (Lipinski definition) is 3. The highest BCUT2D eigenvalue weighted by Crippen LogP contribution is 2.19. The summed E-state index contributed by atoms with van der Waals surface area (Å²) in [7, 11) is 1.96. The molecular weight excluding hydrogens is 200 g/mol. The number of nitrogens with two attached hydrogens (primary N) is 1. The van der Waals surface area contributed by atoms with E-state index in [1.807, 2.05) is 17.9 Å². The van der Waals surface area contributed by atoms with Crippen LogP contribution in [-0.4, -0.2) is 22.4 Å². The van der Waals surface area contributed by atoms with Crippen LogP contribution in [0.5, 0.6) is 0 Å². The molecular formula is C12H20N4. The molecule has 3 N–H and O–H groups in total. The molecule has 1 aromatic rings. The van der Waals surface area contributed by atoms with Crippen molar-refractivity contribution in [3.8, 4) is 0 Å². The van der Waals surface area contributed by atoms with Gasteiger partial charge in [-0.05, 0) is 19.8 Å². The predicted octanol–water partition coefficient (Wildman–Crippen LogP) is 1.04. The van der Waals surface area contributed by atoms with E-state index < -0.39 is 0 Å². The first-order chi connectivity index (χ1) is 7.72. The van der Waals surface area contributed by atoms with Crippen LogP contribution in [0.25, 0.3) is 0 Å². The zero-order chi connectivity index (χ0) is 11.5. The fraction of sp³-hybridized carbons (Fsp3) is 0.583. The Morgan fingerprint density at radius 1 is 1.56 bits per heavy atom. The fourth-order valence-corrected chi connectivity index (χ4v) is 2.18. The lowest BCUT2D eigenvalue weighted by Crippen LogP contribution is -2.35. The van der Waals surface area contributed by atoms with Gasteiger partial charge < -0.3 is 11.1 Å². The van der Waals surface area contributed by atoms with Crippen LogP contribution in [-0.2, 0) is 7.05 Å². The third-order valence-electron chi connectivity index (χ3n) is 3.33.